The van der Waals surface area contributed by atoms with Gasteiger partial charge < -0.3 is 19.5 Å². The van der Waals surface area contributed by atoms with E-state index in [1.807, 2.05) is 24.3 Å². The van der Waals surface area contributed by atoms with Gasteiger partial charge in [0.05, 0.1) is 45.1 Å². The van der Waals surface area contributed by atoms with Crippen molar-refractivity contribution in [3.8, 4) is 17.6 Å². The molecule has 2 aromatic rings. The second-order valence-corrected chi connectivity index (χ2v) is 5.20. The molecule has 0 saturated heterocycles. The second-order valence-electron chi connectivity index (χ2n) is 5.20. The van der Waals surface area contributed by atoms with Crippen LogP contribution in [0, 0.1) is 11.3 Å². The summed E-state index contributed by atoms with van der Waals surface area (Å²) in [5.41, 5.74) is 2.83. The van der Waals surface area contributed by atoms with Crippen LogP contribution >= 0.6 is 0 Å². The summed E-state index contributed by atoms with van der Waals surface area (Å²) in [5, 5.41) is 12.2. The zero-order chi connectivity index (χ0) is 18.2. The summed E-state index contributed by atoms with van der Waals surface area (Å²) in [6.45, 7) is 0.456. The molecule has 2 aromatic carbocycles. The lowest BCUT2D eigenvalue weighted by atomic mass is 10.0. The SMILES string of the molecule is COC(=O)c1cc(OC)c(OC)cc1NCc1ccccc1CC#N. The number of carbonyl (C=O) groups excluding carboxylic acids is 1. The summed E-state index contributed by atoms with van der Waals surface area (Å²) >= 11 is 0. The molecule has 0 spiro atoms. The molecule has 6 nitrogen and oxygen atoms in total. The normalized spacial score (nSPS) is 9.84. The maximum Gasteiger partial charge on any atom is 0.340 e. The molecule has 0 saturated carbocycles. The number of carbonyl (C=O) groups is 1. The number of ether oxygens (including phenoxy) is 3. The van der Waals surface area contributed by atoms with Crippen molar-refractivity contribution in [2.75, 3.05) is 26.6 Å². The average Bonchev–Trinajstić information content (AvgIpc) is 2.66. The summed E-state index contributed by atoms with van der Waals surface area (Å²) in [6.07, 6.45) is 0.327. The molecule has 0 aliphatic heterocycles. The van der Waals surface area contributed by atoms with Crippen molar-refractivity contribution in [1.82, 2.24) is 0 Å². The predicted molar refractivity (Wildman–Crippen MR) is 94.0 cm³/mol. The highest BCUT2D eigenvalue weighted by Crippen LogP contribution is 2.34. The van der Waals surface area contributed by atoms with Gasteiger partial charge >= 0.3 is 5.97 Å². The topological polar surface area (TPSA) is 80.6 Å². The fourth-order valence-electron chi connectivity index (χ4n) is 2.48. The number of esters is 1. The van der Waals surface area contributed by atoms with Crippen LogP contribution in [0.15, 0.2) is 36.4 Å². The summed E-state index contributed by atoms with van der Waals surface area (Å²) in [6, 6.07) is 13.1. The van der Waals surface area contributed by atoms with Crippen LogP contribution < -0.4 is 14.8 Å². The van der Waals surface area contributed by atoms with Crippen LogP contribution in [0.5, 0.6) is 11.5 Å². The largest absolute Gasteiger partial charge is 0.493 e. The van der Waals surface area contributed by atoms with Crippen LogP contribution in [0.1, 0.15) is 21.5 Å². The number of hydrogen-bond donors (Lipinski definition) is 1. The fraction of sp³-hybridized carbons (Fsp3) is 0.263. The van der Waals surface area contributed by atoms with Crippen LogP contribution in [-0.2, 0) is 17.7 Å². The van der Waals surface area contributed by atoms with Crippen molar-refractivity contribution in [3.63, 3.8) is 0 Å². The van der Waals surface area contributed by atoms with E-state index in [9.17, 15) is 4.79 Å². The molecule has 2 rings (SSSR count). The monoisotopic (exact) mass is 340 g/mol. The summed E-state index contributed by atoms with van der Waals surface area (Å²) in [4.78, 5) is 12.1. The van der Waals surface area contributed by atoms with Crippen LogP contribution in [0.2, 0.25) is 0 Å². The Morgan fingerprint density at radius 3 is 2.32 bits per heavy atom. The average molecular weight is 340 g/mol. The smallest absolute Gasteiger partial charge is 0.340 e. The Labute approximate surface area is 146 Å². The van der Waals surface area contributed by atoms with Crippen molar-refractivity contribution in [2.24, 2.45) is 0 Å². The lowest BCUT2D eigenvalue weighted by molar-refractivity contribution is 0.0601. The molecule has 130 valence electrons. The zero-order valence-corrected chi connectivity index (χ0v) is 14.5. The van der Waals surface area contributed by atoms with E-state index in [4.69, 9.17) is 19.5 Å². The van der Waals surface area contributed by atoms with Gasteiger partial charge in [-0.15, -0.1) is 0 Å². The number of anilines is 1. The first-order valence-corrected chi connectivity index (χ1v) is 7.66. The maximum absolute atomic E-state index is 12.1. The summed E-state index contributed by atoms with van der Waals surface area (Å²) < 4.78 is 15.4. The Hall–Kier alpha value is -3.20. The van der Waals surface area contributed by atoms with Gasteiger partial charge in [-0.1, -0.05) is 24.3 Å². The van der Waals surface area contributed by atoms with Crippen molar-refractivity contribution < 1.29 is 19.0 Å². The Morgan fingerprint density at radius 2 is 1.72 bits per heavy atom. The Balaban J connectivity index is 2.35. The predicted octanol–water partition coefficient (Wildman–Crippen LogP) is 3.17. The van der Waals surface area contributed by atoms with E-state index >= 15 is 0 Å². The number of nitrogens with one attached hydrogen (secondary N) is 1. The molecule has 0 atom stereocenters. The first-order chi connectivity index (χ1) is 12.1. The van der Waals surface area contributed by atoms with E-state index in [0.29, 0.717) is 35.7 Å². The van der Waals surface area contributed by atoms with Crippen molar-refractivity contribution in [1.29, 1.82) is 5.26 Å². The Kier molecular flexibility index (Phi) is 6.24. The van der Waals surface area contributed by atoms with Crippen molar-refractivity contribution in [3.05, 3.63) is 53.1 Å². The molecule has 25 heavy (non-hydrogen) atoms. The van der Waals surface area contributed by atoms with Gasteiger partial charge in [0, 0.05) is 18.7 Å². The number of benzene rings is 2. The van der Waals surface area contributed by atoms with E-state index in [1.165, 1.54) is 21.3 Å². The van der Waals surface area contributed by atoms with Crippen molar-refractivity contribution >= 4 is 11.7 Å². The highest BCUT2D eigenvalue weighted by Gasteiger charge is 2.17. The van der Waals surface area contributed by atoms with E-state index < -0.39 is 5.97 Å². The molecule has 0 aliphatic rings. The molecule has 0 aromatic heterocycles. The fourth-order valence-corrected chi connectivity index (χ4v) is 2.48. The number of nitriles is 1. The van der Waals surface area contributed by atoms with Crippen LogP contribution in [0.3, 0.4) is 0 Å². The minimum Gasteiger partial charge on any atom is -0.493 e. The summed E-state index contributed by atoms with van der Waals surface area (Å²) in [7, 11) is 4.36. The van der Waals surface area contributed by atoms with E-state index in [2.05, 4.69) is 11.4 Å². The minimum atomic E-state index is -0.478. The molecule has 6 heteroatoms. The quantitative estimate of drug-likeness (QED) is 0.780. The van der Waals surface area contributed by atoms with Gasteiger partial charge in [0.25, 0.3) is 0 Å². The summed E-state index contributed by atoms with van der Waals surface area (Å²) in [5.74, 6) is 0.468. The Bertz CT molecular complexity index is 796. The lowest BCUT2D eigenvalue weighted by Crippen LogP contribution is -2.10. The van der Waals surface area contributed by atoms with Gasteiger partial charge in [-0.05, 0) is 11.1 Å². The third kappa shape index (κ3) is 4.21. The first kappa shape index (κ1) is 18.1. The number of nitrogens with zero attached hydrogens (tertiary/aromatic N) is 1. The molecular formula is C19H20N2O4. The highest BCUT2D eigenvalue weighted by atomic mass is 16.5. The van der Waals surface area contributed by atoms with Gasteiger partial charge in [-0.25, -0.2) is 4.79 Å². The molecule has 0 unspecified atom stereocenters. The van der Waals surface area contributed by atoms with Gasteiger partial charge in [0.2, 0.25) is 0 Å². The van der Waals surface area contributed by atoms with Crippen molar-refractivity contribution in [2.45, 2.75) is 13.0 Å². The molecule has 0 aliphatic carbocycles. The van der Waals surface area contributed by atoms with E-state index in [0.717, 1.165) is 11.1 Å². The number of hydrogen-bond acceptors (Lipinski definition) is 6. The van der Waals surface area contributed by atoms with Crippen LogP contribution in [-0.4, -0.2) is 27.3 Å². The third-order valence-corrected chi connectivity index (χ3v) is 3.79. The second kappa shape index (κ2) is 8.60. The molecule has 0 fully saturated rings. The molecule has 0 heterocycles. The van der Waals surface area contributed by atoms with E-state index in [-0.39, 0.29) is 0 Å². The molecule has 0 radical (unpaired) electrons. The standard InChI is InChI=1S/C19H20N2O4/c1-23-17-10-15(19(22)25-3)16(11-18(17)24-2)21-12-14-7-5-4-6-13(14)8-9-20/h4-7,10-11,21H,8,12H2,1-3H3. The lowest BCUT2D eigenvalue weighted by Gasteiger charge is -2.16. The molecular weight excluding hydrogens is 320 g/mol. The molecule has 1 N–H and O–H groups in total. The molecule has 0 bridgehead atoms. The zero-order valence-electron chi connectivity index (χ0n) is 14.5. The number of rotatable bonds is 7. The number of methoxy groups -OCH3 is 3. The van der Waals surface area contributed by atoms with Crippen LogP contribution in [0.25, 0.3) is 0 Å². The minimum absolute atomic E-state index is 0.327. The Morgan fingerprint density at radius 1 is 1.08 bits per heavy atom. The van der Waals surface area contributed by atoms with Gasteiger partial charge in [-0.2, -0.15) is 5.26 Å². The van der Waals surface area contributed by atoms with Gasteiger partial charge in [-0.3, -0.25) is 0 Å². The van der Waals surface area contributed by atoms with Gasteiger partial charge in [0.1, 0.15) is 0 Å². The maximum atomic E-state index is 12.1. The third-order valence-electron chi connectivity index (χ3n) is 3.79. The highest BCUT2D eigenvalue weighted by molar-refractivity contribution is 5.96. The van der Waals surface area contributed by atoms with Crippen LogP contribution in [0.4, 0.5) is 5.69 Å². The van der Waals surface area contributed by atoms with E-state index in [1.54, 1.807) is 12.1 Å². The molecule has 0 amide bonds. The first-order valence-electron chi connectivity index (χ1n) is 7.66. The van der Waals surface area contributed by atoms with Gasteiger partial charge in [0.15, 0.2) is 11.5 Å².